The maximum Gasteiger partial charge on any atom is 0.222 e. The molecule has 0 radical (unpaired) electrons. The van der Waals surface area contributed by atoms with Gasteiger partial charge in [0.1, 0.15) is 11.5 Å². The molecule has 0 spiro atoms. The molecule has 4 heteroatoms. The van der Waals surface area contributed by atoms with Crippen molar-refractivity contribution in [2.24, 2.45) is 0 Å². The highest BCUT2D eigenvalue weighted by molar-refractivity contribution is 5.39. The van der Waals surface area contributed by atoms with Crippen LogP contribution < -0.4 is 9.47 Å². The summed E-state index contributed by atoms with van der Waals surface area (Å²) < 4.78 is 22.5. The van der Waals surface area contributed by atoms with Crippen molar-refractivity contribution in [2.45, 2.75) is 25.7 Å². The summed E-state index contributed by atoms with van der Waals surface area (Å²) >= 11 is 0. The zero-order valence-electron chi connectivity index (χ0n) is 14.3. The highest BCUT2D eigenvalue weighted by atomic mass is 16.7. The molecule has 124 valence electrons. The van der Waals surface area contributed by atoms with Crippen LogP contribution in [0.1, 0.15) is 25.0 Å². The Morgan fingerprint density at radius 1 is 0.696 bits per heavy atom. The molecule has 2 rings (SSSR count). The van der Waals surface area contributed by atoms with Crippen LogP contribution in [0.5, 0.6) is 11.5 Å². The Kier molecular flexibility index (Phi) is 5.64. The summed E-state index contributed by atoms with van der Waals surface area (Å²) in [7, 11) is 4.94. The number of hydrogen-bond donors (Lipinski definition) is 0. The van der Waals surface area contributed by atoms with Crippen LogP contribution in [-0.2, 0) is 15.3 Å². The molecular weight excluding hydrogens is 292 g/mol. The zero-order chi connectivity index (χ0) is 16.9. The molecule has 0 saturated carbocycles. The van der Waals surface area contributed by atoms with Gasteiger partial charge in [-0.1, -0.05) is 0 Å². The van der Waals surface area contributed by atoms with Gasteiger partial charge in [0.05, 0.1) is 20.3 Å². The van der Waals surface area contributed by atoms with Crippen LogP contribution in [0.3, 0.4) is 0 Å². The van der Waals surface area contributed by atoms with Crippen LogP contribution >= 0.6 is 0 Å². The largest absolute Gasteiger partial charge is 0.497 e. The van der Waals surface area contributed by atoms with Gasteiger partial charge in [0, 0.05) is 18.2 Å². The van der Waals surface area contributed by atoms with Crippen molar-refractivity contribution in [3.05, 3.63) is 59.7 Å². The number of methoxy groups -OCH3 is 3. The van der Waals surface area contributed by atoms with Gasteiger partial charge in [-0.15, -0.1) is 0 Å². The Balaban J connectivity index is 2.52. The van der Waals surface area contributed by atoms with Gasteiger partial charge >= 0.3 is 0 Å². The first-order valence-electron chi connectivity index (χ1n) is 7.57. The zero-order valence-corrected chi connectivity index (χ0v) is 14.3. The number of hydrogen-bond acceptors (Lipinski definition) is 4. The molecule has 0 aliphatic rings. The first-order valence-corrected chi connectivity index (χ1v) is 7.57. The minimum Gasteiger partial charge on any atom is -0.497 e. The summed E-state index contributed by atoms with van der Waals surface area (Å²) in [6, 6.07) is 15.4. The molecule has 0 aliphatic carbocycles. The summed E-state index contributed by atoms with van der Waals surface area (Å²) in [4.78, 5) is 0. The van der Waals surface area contributed by atoms with E-state index in [0.717, 1.165) is 22.6 Å². The molecule has 2 aromatic carbocycles. The van der Waals surface area contributed by atoms with Crippen molar-refractivity contribution in [1.29, 1.82) is 0 Å². The molecule has 23 heavy (non-hydrogen) atoms. The lowest BCUT2D eigenvalue weighted by Gasteiger charge is -2.35. The van der Waals surface area contributed by atoms with E-state index in [1.54, 1.807) is 21.3 Å². The molecule has 0 fully saturated rings. The van der Waals surface area contributed by atoms with Crippen molar-refractivity contribution in [2.75, 3.05) is 21.3 Å². The van der Waals surface area contributed by atoms with Crippen molar-refractivity contribution in [3.8, 4) is 11.5 Å². The summed E-state index contributed by atoms with van der Waals surface area (Å²) in [5.41, 5.74) is 1.80. The Hall–Kier alpha value is -2.04. The lowest BCUT2D eigenvalue weighted by Crippen LogP contribution is -2.36. The maximum atomic E-state index is 6.20. The fourth-order valence-corrected chi connectivity index (χ4v) is 2.54. The second kappa shape index (κ2) is 7.49. The van der Waals surface area contributed by atoms with Gasteiger partial charge in [0.2, 0.25) is 5.79 Å². The normalized spacial score (nSPS) is 11.6. The van der Waals surface area contributed by atoms with Gasteiger partial charge in [-0.25, -0.2) is 0 Å². The van der Waals surface area contributed by atoms with Crippen molar-refractivity contribution in [1.82, 2.24) is 0 Å². The molecule has 0 N–H and O–H groups in total. The predicted molar refractivity (Wildman–Crippen MR) is 90.0 cm³/mol. The van der Waals surface area contributed by atoms with E-state index >= 15 is 0 Å². The summed E-state index contributed by atoms with van der Waals surface area (Å²) in [5.74, 6) is 0.600. The molecule has 0 unspecified atom stereocenters. The van der Waals surface area contributed by atoms with Gasteiger partial charge in [-0.2, -0.15) is 0 Å². The monoisotopic (exact) mass is 316 g/mol. The highest BCUT2D eigenvalue weighted by Crippen LogP contribution is 2.37. The SMILES string of the molecule is COc1ccc(C(OC)(OC(C)C)c2ccc(OC)cc2)cc1. The quantitative estimate of drug-likeness (QED) is 0.724. The minimum absolute atomic E-state index is 0.0147. The topological polar surface area (TPSA) is 36.9 Å². The third-order valence-electron chi connectivity index (χ3n) is 3.63. The summed E-state index contributed by atoms with van der Waals surface area (Å²) in [6.07, 6.45) is -0.0147. The molecule has 0 amide bonds. The highest BCUT2D eigenvalue weighted by Gasteiger charge is 2.36. The smallest absolute Gasteiger partial charge is 0.222 e. The second-order valence-electron chi connectivity index (χ2n) is 5.44. The average Bonchev–Trinajstić information content (AvgIpc) is 2.60. The Morgan fingerprint density at radius 2 is 1.09 bits per heavy atom. The van der Waals surface area contributed by atoms with E-state index < -0.39 is 5.79 Å². The Morgan fingerprint density at radius 3 is 1.35 bits per heavy atom. The molecule has 2 aromatic rings. The number of benzene rings is 2. The van der Waals surface area contributed by atoms with Gasteiger partial charge < -0.3 is 18.9 Å². The third-order valence-corrected chi connectivity index (χ3v) is 3.63. The Labute approximate surface area is 137 Å². The molecule has 0 aliphatic heterocycles. The lowest BCUT2D eigenvalue weighted by atomic mass is 9.96. The van der Waals surface area contributed by atoms with Crippen LogP contribution in [-0.4, -0.2) is 27.4 Å². The predicted octanol–water partition coefficient (Wildman–Crippen LogP) is 3.98. The van der Waals surface area contributed by atoms with Crippen LogP contribution in [0.4, 0.5) is 0 Å². The molecule has 0 atom stereocenters. The third kappa shape index (κ3) is 3.66. The van der Waals surface area contributed by atoms with Crippen molar-refractivity contribution in [3.63, 3.8) is 0 Å². The van der Waals surface area contributed by atoms with E-state index in [1.165, 1.54) is 0 Å². The van der Waals surface area contributed by atoms with E-state index in [9.17, 15) is 0 Å². The van der Waals surface area contributed by atoms with E-state index in [4.69, 9.17) is 18.9 Å². The van der Waals surface area contributed by atoms with Gasteiger partial charge in [-0.05, 0) is 62.4 Å². The number of rotatable bonds is 7. The standard InChI is InChI=1S/C19H24O4/c1-14(2)23-19(22-5,15-6-10-17(20-3)11-7-15)16-8-12-18(21-4)13-9-16/h6-14H,1-5H3. The molecule has 0 bridgehead atoms. The van der Waals surface area contributed by atoms with E-state index in [2.05, 4.69) is 0 Å². The van der Waals surface area contributed by atoms with Crippen LogP contribution in [0.25, 0.3) is 0 Å². The lowest BCUT2D eigenvalue weighted by molar-refractivity contribution is -0.221. The molecule has 0 saturated heterocycles. The summed E-state index contributed by atoms with van der Waals surface area (Å²) in [5, 5.41) is 0. The average molecular weight is 316 g/mol. The Bertz CT molecular complexity index is 555. The van der Waals surface area contributed by atoms with Gasteiger partial charge in [0.25, 0.3) is 0 Å². The first kappa shape index (κ1) is 17.3. The molecular formula is C19H24O4. The van der Waals surface area contributed by atoms with Gasteiger partial charge in [-0.3, -0.25) is 0 Å². The summed E-state index contributed by atoms with van der Waals surface area (Å²) in [6.45, 7) is 3.97. The van der Waals surface area contributed by atoms with Gasteiger partial charge in [0.15, 0.2) is 0 Å². The van der Waals surface area contributed by atoms with Crippen molar-refractivity contribution >= 4 is 0 Å². The molecule has 4 nitrogen and oxygen atoms in total. The molecule has 0 aromatic heterocycles. The van der Waals surface area contributed by atoms with Crippen molar-refractivity contribution < 1.29 is 18.9 Å². The second-order valence-corrected chi connectivity index (χ2v) is 5.44. The molecule has 0 heterocycles. The van der Waals surface area contributed by atoms with E-state index in [1.807, 2.05) is 62.4 Å². The maximum absolute atomic E-state index is 6.20. The van der Waals surface area contributed by atoms with E-state index in [0.29, 0.717) is 0 Å². The van der Waals surface area contributed by atoms with Crippen LogP contribution in [0.15, 0.2) is 48.5 Å². The number of ether oxygens (including phenoxy) is 4. The van der Waals surface area contributed by atoms with E-state index in [-0.39, 0.29) is 6.10 Å². The van der Waals surface area contributed by atoms with Crippen LogP contribution in [0, 0.1) is 0 Å². The minimum atomic E-state index is -0.979. The fraction of sp³-hybridized carbons (Fsp3) is 0.368. The first-order chi connectivity index (χ1) is 11.1. The van der Waals surface area contributed by atoms with Crippen LogP contribution in [0.2, 0.25) is 0 Å². The fourth-order valence-electron chi connectivity index (χ4n) is 2.54.